The van der Waals surface area contributed by atoms with Gasteiger partial charge in [-0.15, -0.1) is 0 Å². The SMILES string of the molecule is C=CC(=O)N1CC2COc3c(c4cc(F)c(-c5c(C)ccc6[nH]ncc56)c(F)c4n(-c4c(C(C)C)ncnc4C(C)C)c3=O)N2CC1C. The topological polar surface area (TPSA) is 109 Å². The van der Waals surface area contributed by atoms with Crippen molar-refractivity contribution < 1.29 is 18.3 Å². The maximum absolute atomic E-state index is 17.7. The number of fused-ring (bicyclic) bond motifs is 6. The van der Waals surface area contributed by atoms with Crippen molar-refractivity contribution in [1.29, 1.82) is 0 Å². The van der Waals surface area contributed by atoms with Crippen LogP contribution in [0.3, 0.4) is 0 Å². The summed E-state index contributed by atoms with van der Waals surface area (Å²) in [4.78, 5) is 40.3. The van der Waals surface area contributed by atoms with Gasteiger partial charge in [-0.3, -0.25) is 19.3 Å². The molecule has 12 heteroatoms. The molecule has 0 spiro atoms. The Kier molecular flexibility index (Phi) is 7.56. The van der Waals surface area contributed by atoms with Crippen molar-refractivity contribution in [2.45, 2.75) is 65.5 Å². The smallest absolute Gasteiger partial charge is 0.300 e. The summed E-state index contributed by atoms with van der Waals surface area (Å²) in [6, 6.07) is 4.26. The molecule has 2 aliphatic heterocycles. The van der Waals surface area contributed by atoms with Gasteiger partial charge in [-0.05, 0) is 49.5 Å². The largest absolute Gasteiger partial charge is 0.484 e. The minimum Gasteiger partial charge on any atom is -0.484 e. The maximum Gasteiger partial charge on any atom is 0.300 e. The fourth-order valence-corrected chi connectivity index (χ4v) is 7.29. The molecule has 1 fully saturated rings. The first-order valence-corrected chi connectivity index (χ1v) is 16.2. The van der Waals surface area contributed by atoms with E-state index in [0.29, 0.717) is 57.9 Å². The number of pyridine rings is 1. The van der Waals surface area contributed by atoms with E-state index in [-0.39, 0.29) is 58.6 Å². The van der Waals surface area contributed by atoms with Crippen LogP contribution in [0, 0.1) is 18.6 Å². The van der Waals surface area contributed by atoms with Crippen molar-refractivity contribution >= 4 is 33.4 Å². The van der Waals surface area contributed by atoms with Crippen LogP contribution in [0.1, 0.15) is 63.4 Å². The Morgan fingerprint density at radius 1 is 1.06 bits per heavy atom. The predicted molar refractivity (Wildman–Crippen MR) is 181 cm³/mol. The summed E-state index contributed by atoms with van der Waals surface area (Å²) in [6.45, 7) is 15.8. The lowest BCUT2D eigenvalue weighted by molar-refractivity contribution is -0.129. The summed E-state index contributed by atoms with van der Waals surface area (Å²) < 4.78 is 41.9. The molecule has 3 aromatic heterocycles. The molecule has 48 heavy (non-hydrogen) atoms. The van der Waals surface area contributed by atoms with Gasteiger partial charge in [0.1, 0.15) is 18.8 Å². The minimum atomic E-state index is -0.898. The summed E-state index contributed by atoms with van der Waals surface area (Å²) in [5.41, 5.74) is 2.40. The molecule has 248 valence electrons. The first-order valence-electron chi connectivity index (χ1n) is 16.2. The van der Waals surface area contributed by atoms with Crippen LogP contribution in [0.4, 0.5) is 14.5 Å². The number of anilines is 1. The number of rotatable bonds is 5. The summed E-state index contributed by atoms with van der Waals surface area (Å²) in [6.07, 6.45) is 4.27. The second kappa shape index (κ2) is 11.5. The summed E-state index contributed by atoms with van der Waals surface area (Å²) >= 11 is 0. The van der Waals surface area contributed by atoms with Crippen LogP contribution >= 0.6 is 0 Å². The maximum atomic E-state index is 17.7. The number of aromatic nitrogens is 5. The third-order valence-electron chi connectivity index (χ3n) is 9.57. The molecule has 1 saturated heterocycles. The second-order valence-corrected chi connectivity index (χ2v) is 13.3. The van der Waals surface area contributed by atoms with Crippen molar-refractivity contribution in [3.63, 3.8) is 0 Å². The molecule has 0 radical (unpaired) electrons. The highest BCUT2D eigenvalue weighted by Crippen LogP contribution is 2.46. The van der Waals surface area contributed by atoms with Crippen molar-refractivity contribution in [3.05, 3.63) is 82.3 Å². The van der Waals surface area contributed by atoms with Gasteiger partial charge in [0.05, 0.1) is 51.6 Å². The van der Waals surface area contributed by atoms with E-state index < -0.39 is 17.2 Å². The Labute approximate surface area is 276 Å². The molecule has 10 nitrogen and oxygen atoms in total. The third-order valence-corrected chi connectivity index (χ3v) is 9.57. The van der Waals surface area contributed by atoms with Gasteiger partial charge in [0.25, 0.3) is 5.56 Å². The number of hydrogen-bond acceptors (Lipinski definition) is 7. The number of aromatic amines is 1. The van der Waals surface area contributed by atoms with Gasteiger partial charge in [-0.25, -0.2) is 18.7 Å². The van der Waals surface area contributed by atoms with E-state index in [0.717, 1.165) is 0 Å². The monoisotopic (exact) mass is 653 g/mol. The Morgan fingerprint density at radius 2 is 1.77 bits per heavy atom. The summed E-state index contributed by atoms with van der Waals surface area (Å²) in [5.74, 6) is -2.24. The first kappa shape index (κ1) is 31.5. The van der Waals surface area contributed by atoms with Gasteiger partial charge >= 0.3 is 0 Å². The number of H-pyrrole nitrogens is 1. The van der Waals surface area contributed by atoms with E-state index in [1.165, 1.54) is 23.0 Å². The highest BCUT2D eigenvalue weighted by atomic mass is 19.1. The molecular formula is C36H37F2N7O3. The molecule has 2 unspecified atom stereocenters. The molecule has 2 aromatic carbocycles. The average molecular weight is 654 g/mol. The standard InChI is InChI=1S/C36H37F2N7O3/c1-8-26(46)43-14-21-15-48-35-33(44(21)13-20(43)7)22-11-24(37)28(27-19(6)9-10-25-23(27)12-41-42-25)29(38)32(22)45(36(35)47)34-30(17(2)3)39-16-40-31(34)18(4)5/h8-12,16-18,20-21H,1,13-15H2,2-7H3,(H,41,42). The number of benzene rings is 2. The molecule has 5 aromatic rings. The zero-order valence-corrected chi connectivity index (χ0v) is 27.8. The number of ether oxygens (including phenoxy) is 1. The van der Waals surface area contributed by atoms with Crippen LogP contribution in [0.2, 0.25) is 0 Å². The molecule has 1 N–H and O–H groups in total. The number of halogens is 2. The Hall–Kier alpha value is -5.13. The summed E-state index contributed by atoms with van der Waals surface area (Å²) in [7, 11) is 0. The fraction of sp³-hybridized carbons (Fsp3) is 0.361. The van der Waals surface area contributed by atoms with E-state index in [1.54, 1.807) is 24.1 Å². The molecule has 7 rings (SSSR count). The molecular weight excluding hydrogens is 616 g/mol. The van der Waals surface area contributed by atoms with Gasteiger partial charge in [0.2, 0.25) is 11.7 Å². The fourth-order valence-electron chi connectivity index (χ4n) is 7.29. The molecule has 5 heterocycles. The van der Waals surface area contributed by atoms with Crippen LogP contribution in [-0.2, 0) is 4.79 Å². The lowest BCUT2D eigenvalue weighted by Crippen LogP contribution is -2.62. The third kappa shape index (κ3) is 4.60. The normalized spacial score (nSPS) is 17.6. The molecule has 2 atom stereocenters. The Bertz CT molecular complexity index is 2180. The van der Waals surface area contributed by atoms with E-state index in [4.69, 9.17) is 4.74 Å². The number of hydrogen-bond donors (Lipinski definition) is 1. The van der Waals surface area contributed by atoms with Crippen LogP contribution in [0.15, 0.2) is 48.2 Å². The number of carbonyl (C=O) groups excluding carboxylic acids is 1. The number of aryl methyl sites for hydroxylation is 1. The van der Waals surface area contributed by atoms with Crippen molar-refractivity contribution in [2.24, 2.45) is 0 Å². The number of piperazine rings is 1. The second-order valence-electron chi connectivity index (χ2n) is 13.3. The van der Waals surface area contributed by atoms with E-state index in [2.05, 4.69) is 26.7 Å². The van der Waals surface area contributed by atoms with Crippen LogP contribution < -0.4 is 15.2 Å². The summed E-state index contributed by atoms with van der Waals surface area (Å²) in [5, 5.41) is 7.74. The van der Waals surface area contributed by atoms with Gasteiger partial charge in [0.15, 0.2) is 5.82 Å². The van der Waals surface area contributed by atoms with Gasteiger partial charge in [0, 0.05) is 35.5 Å². The molecule has 2 aliphatic rings. The Morgan fingerprint density at radius 3 is 2.44 bits per heavy atom. The molecule has 0 saturated carbocycles. The quantitative estimate of drug-likeness (QED) is 0.227. The zero-order chi connectivity index (χ0) is 34.2. The number of nitrogens with zero attached hydrogens (tertiary/aromatic N) is 6. The van der Waals surface area contributed by atoms with Crippen LogP contribution in [-0.4, -0.2) is 67.3 Å². The molecule has 1 amide bonds. The van der Waals surface area contributed by atoms with Crippen LogP contribution in [0.25, 0.3) is 38.6 Å². The molecule has 0 bridgehead atoms. The van der Waals surface area contributed by atoms with Gasteiger partial charge in [-0.1, -0.05) is 40.3 Å². The molecule has 0 aliphatic carbocycles. The first-order chi connectivity index (χ1) is 22.9. The number of amides is 1. The Balaban J connectivity index is 1.63. The van der Waals surface area contributed by atoms with Crippen molar-refractivity contribution in [3.8, 4) is 22.6 Å². The van der Waals surface area contributed by atoms with Crippen molar-refractivity contribution in [2.75, 3.05) is 24.6 Å². The number of carbonyl (C=O) groups is 1. The van der Waals surface area contributed by atoms with E-state index in [1.807, 2.05) is 45.6 Å². The highest BCUT2D eigenvalue weighted by molar-refractivity contribution is 6.03. The average Bonchev–Trinajstić information content (AvgIpc) is 3.54. The predicted octanol–water partition coefficient (Wildman–Crippen LogP) is 6.14. The highest BCUT2D eigenvalue weighted by Gasteiger charge is 2.41. The van der Waals surface area contributed by atoms with E-state index >= 15 is 8.78 Å². The van der Waals surface area contributed by atoms with Crippen LogP contribution in [0.5, 0.6) is 5.75 Å². The van der Waals surface area contributed by atoms with E-state index in [9.17, 15) is 9.59 Å². The lowest BCUT2D eigenvalue weighted by Gasteiger charge is -2.48. The zero-order valence-electron chi connectivity index (χ0n) is 27.8. The van der Waals surface area contributed by atoms with Gasteiger partial charge in [-0.2, -0.15) is 5.10 Å². The lowest BCUT2D eigenvalue weighted by atomic mass is 9.93. The minimum absolute atomic E-state index is 0.0117. The van der Waals surface area contributed by atoms with Crippen molar-refractivity contribution in [1.82, 2.24) is 29.6 Å². The number of nitrogens with one attached hydrogen (secondary N) is 1. The van der Waals surface area contributed by atoms with Gasteiger partial charge < -0.3 is 14.5 Å².